The van der Waals surface area contributed by atoms with E-state index in [1.807, 2.05) is 0 Å². The fourth-order valence-corrected chi connectivity index (χ4v) is 4.46. The Bertz CT molecular complexity index is 999. The van der Waals surface area contributed by atoms with Gasteiger partial charge in [0.05, 0.1) is 6.54 Å². The predicted octanol–water partition coefficient (Wildman–Crippen LogP) is 2.55. The van der Waals surface area contributed by atoms with Gasteiger partial charge >= 0.3 is 0 Å². The minimum atomic E-state index is -3.93. The number of piperidine rings is 1. The van der Waals surface area contributed by atoms with Crippen molar-refractivity contribution in [2.75, 3.05) is 32.0 Å². The third-order valence-electron chi connectivity index (χ3n) is 4.71. The third-order valence-corrected chi connectivity index (χ3v) is 6.73. The fraction of sp³-hybridized carbons (Fsp3) is 0.368. The van der Waals surface area contributed by atoms with Gasteiger partial charge in [0.2, 0.25) is 15.9 Å². The number of hydrogen-bond acceptors (Lipinski definition) is 4. The summed E-state index contributed by atoms with van der Waals surface area (Å²) in [5, 5.41) is 3.07. The molecule has 0 radical (unpaired) electrons. The van der Waals surface area contributed by atoms with Crippen LogP contribution in [-0.4, -0.2) is 61.1 Å². The number of sulfonamides is 1. The first-order chi connectivity index (χ1) is 13.8. The second kappa shape index (κ2) is 8.98. The molecule has 0 aliphatic carbocycles. The molecule has 0 spiro atoms. The zero-order valence-electron chi connectivity index (χ0n) is 16.0. The summed E-state index contributed by atoms with van der Waals surface area (Å²) < 4.78 is 26.5. The van der Waals surface area contributed by atoms with Crippen molar-refractivity contribution in [2.45, 2.75) is 24.2 Å². The molecule has 2 aromatic rings. The van der Waals surface area contributed by atoms with Crippen molar-refractivity contribution in [3.8, 4) is 0 Å². The summed E-state index contributed by atoms with van der Waals surface area (Å²) in [6, 6.07) is 7.89. The number of hydrogen-bond donors (Lipinski definition) is 2. The van der Waals surface area contributed by atoms with Crippen LogP contribution >= 0.6 is 11.6 Å². The van der Waals surface area contributed by atoms with Crippen molar-refractivity contribution in [2.24, 2.45) is 0 Å². The number of halogens is 1. The number of likely N-dealkylation sites (tertiary alicyclic amines) is 1. The zero-order chi connectivity index (χ0) is 21.0. The number of rotatable bonds is 6. The van der Waals surface area contributed by atoms with Gasteiger partial charge in [-0.25, -0.2) is 8.42 Å². The minimum absolute atomic E-state index is 0.0593. The molecule has 1 aromatic carbocycles. The summed E-state index contributed by atoms with van der Waals surface area (Å²) in [7, 11) is -2.62. The minimum Gasteiger partial charge on any atom is -0.356 e. The molecule has 29 heavy (non-hydrogen) atoms. The van der Waals surface area contributed by atoms with Crippen LogP contribution in [0.2, 0.25) is 5.02 Å². The first-order valence-electron chi connectivity index (χ1n) is 9.27. The molecular formula is C19H23ClN4O4S. The molecule has 2 N–H and O–H groups in total. The van der Waals surface area contributed by atoms with Gasteiger partial charge < -0.3 is 15.2 Å². The van der Waals surface area contributed by atoms with Gasteiger partial charge in [0.25, 0.3) is 5.91 Å². The summed E-state index contributed by atoms with van der Waals surface area (Å²) in [6.07, 6.45) is 4.26. The molecule has 1 aromatic heterocycles. The lowest BCUT2D eigenvalue weighted by Crippen LogP contribution is -2.36. The predicted molar refractivity (Wildman–Crippen MR) is 110 cm³/mol. The highest BCUT2D eigenvalue weighted by Crippen LogP contribution is 2.19. The molecule has 0 bridgehead atoms. The molecule has 156 valence electrons. The summed E-state index contributed by atoms with van der Waals surface area (Å²) in [5.74, 6) is -0.717. The monoisotopic (exact) mass is 438 g/mol. The highest BCUT2D eigenvalue weighted by Gasteiger charge is 2.27. The number of nitrogens with one attached hydrogen (secondary N) is 2. The van der Waals surface area contributed by atoms with Crippen molar-refractivity contribution in [1.82, 2.24) is 14.2 Å². The van der Waals surface area contributed by atoms with Gasteiger partial charge in [-0.2, -0.15) is 4.31 Å². The molecule has 0 unspecified atom stereocenters. The van der Waals surface area contributed by atoms with Crippen LogP contribution in [0.5, 0.6) is 0 Å². The van der Waals surface area contributed by atoms with Gasteiger partial charge in [0.1, 0.15) is 10.6 Å². The summed E-state index contributed by atoms with van der Waals surface area (Å²) >= 11 is 5.88. The molecule has 3 rings (SSSR count). The summed E-state index contributed by atoms with van der Waals surface area (Å²) in [4.78, 5) is 29.1. The molecule has 2 amide bonds. The number of anilines is 1. The smallest absolute Gasteiger partial charge is 0.270 e. The number of carbonyl (C=O) groups is 2. The number of carbonyl (C=O) groups excluding carboxylic acids is 2. The van der Waals surface area contributed by atoms with E-state index in [9.17, 15) is 18.0 Å². The normalized spacial score (nSPS) is 14.8. The highest BCUT2D eigenvalue weighted by molar-refractivity contribution is 7.89. The highest BCUT2D eigenvalue weighted by atomic mass is 35.5. The van der Waals surface area contributed by atoms with Crippen molar-refractivity contribution in [3.05, 3.63) is 47.2 Å². The van der Waals surface area contributed by atoms with Crippen LogP contribution in [0.1, 0.15) is 29.8 Å². The average Bonchev–Trinajstić information content (AvgIpc) is 3.19. The van der Waals surface area contributed by atoms with Crippen LogP contribution in [0, 0.1) is 0 Å². The number of amides is 2. The topological polar surface area (TPSA) is 103 Å². The van der Waals surface area contributed by atoms with Crippen molar-refractivity contribution >= 4 is 39.1 Å². The van der Waals surface area contributed by atoms with Crippen LogP contribution in [0.25, 0.3) is 0 Å². The van der Waals surface area contributed by atoms with Crippen molar-refractivity contribution in [3.63, 3.8) is 0 Å². The van der Waals surface area contributed by atoms with Crippen LogP contribution in [0.3, 0.4) is 0 Å². The van der Waals surface area contributed by atoms with Gasteiger partial charge in [0.15, 0.2) is 0 Å². The molecule has 8 nitrogen and oxygen atoms in total. The Morgan fingerprint density at radius 2 is 1.93 bits per heavy atom. The second-order valence-corrected chi connectivity index (χ2v) is 9.40. The average molecular weight is 439 g/mol. The van der Waals surface area contributed by atoms with E-state index in [1.54, 1.807) is 29.2 Å². The third kappa shape index (κ3) is 5.17. The second-order valence-electron chi connectivity index (χ2n) is 6.92. The standard InChI is InChI=1S/C19H23ClN4O4S/c1-23(13-18(25)22-15-7-5-6-14(20)10-15)29(27,28)16-11-17(21-12-16)19(26)24-8-3-2-4-9-24/h5-7,10-12,21H,2-4,8-9,13H2,1H3,(H,22,25). The molecule has 10 heteroatoms. The Kier molecular flexibility index (Phi) is 6.61. The molecule has 0 atom stereocenters. The Morgan fingerprint density at radius 1 is 1.21 bits per heavy atom. The van der Waals surface area contributed by atoms with E-state index in [-0.39, 0.29) is 23.0 Å². The van der Waals surface area contributed by atoms with Gasteiger partial charge in [-0.1, -0.05) is 17.7 Å². The molecule has 1 fully saturated rings. The molecule has 2 heterocycles. The molecule has 0 saturated carbocycles. The zero-order valence-corrected chi connectivity index (χ0v) is 17.6. The number of H-pyrrole nitrogens is 1. The number of aromatic amines is 1. The SMILES string of the molecule is CN(CC(=O)Nc1cccc(Cl)c1)S(=O)(=O)c1c[nH]c(C(=O)N2CCCCC2)c1. The quantitative estimate of drug-likeness (QED) is 0.723. The Balaban J connectivity index is 1.65. The van der Waals surface area contributed by atoms with Gasteiger partial charge in [-0.15, -0.1) is 0 Å². The van der Waals surface area contributed by atoms with E-state index in [0.717, 1.165) is 23.6 Å². The van der Waals surface area contributed by atoms with E-state index in [4.69, 9.17) is 11.6 Å². The molecule has 1 saturated heterocycles. The van der Waals surface area contributed by atoms with Crippen LogP contribution < -0.4 is 5.32 Å². The largest absolute Gasteiger partial charge is 0.356 e. The first kappa shape index (κ1) is 21.4. The maximum Gasteiger partial charge on any atom is 0.270 e. The van der Waals surface area contributed by atoms with Gasteiger partial charge in [-0.3, -0.25) is 9.59 Å². The molecule has 1 aliphatic heterocycles. The number of nitrogens with zero attached hydrogens (tertiary/aromatic N) is 2. The van der Waals surface area contributed by atoms with Gasteiger partial charge in [-0.05, 0) is 43.5 Å². The first-order valence-corrected chi connectivity index (χ1v) is 11.1. The Morgan fingerprint density at radius 3 is 2.62 bits per heavy atom. The van der Waals surface area contributed by atoms with Crippen LogP contribution in [0.15, 0.2) is 41.4 Å². The van der Waals surface area contributed by atoms with E-state index in [0.29, 0.717) is 23.8 Å². The lowest BCUT2D eigenvalue weighted by atomic mass is 10.1. The lowest BCUT2D eigenvalue weighted by molar-refractivity contribution is -0.116. The molecule has 1 aliphatic rings. The maximum atomic E-state index is 12.8. The van der Waals surface area contributed by atoms with Crippen molar-refractivity contribution < 1.29 is 18.0 Å². The van der Waals surface area contributed by atoms with Crippen LogP contribution in [-0.2, 0) is 14.8 Å². The molecular weight excluding hydrogens is 416 g/mol. The van der Waals surface area contributed by atoms with E-state index in [1.165, 1.54) is 19.3 Å². The van der Waals surface area contributed by atoms with E-state index in [2.05, 4.69) is 10.3 Å². The van der Waals surface area contributed by atoms with E-state index < -0.39 is 15.9 Å². The van der Waals surface area contributed by atoms with Gasteiger partial charge in [0, 0.05) is 37.0 Å². The summed E-state index contributed by atoms with van der Waals surface area (Å²) in [5.41, 5.74) is 0.701. The fourth-order valence-electron chi connectivity index (χ4n) is 3.15. The van der Waals surface area contributed by atoms with E-state index >= 15 is 0 Å². The Hall–Kier alpha value is -2.36. The number of likely N-dealkylation sites (N-methyl/N-ethyl adjacent to an activating group) is 1. The lowest BCUT2D eigenvalue weighted by Gasteiger charge is -2.26. The summed E-state index contributed by atoms with van der Waals surface area (Å²) in [6.45, 7) is 0.961. The van der Waals surface area contributed by atoms with Crippen LogP contribution in [0.4, 0.5) is 5.69 Å². The number of benzene rings is 1. The maximum absolute atomic E-state index is 12.8. The van der Waals surface area contributed by atoms with Crippen molar-refractivity contribution in [1.29, 1.82) is 0 Å². The number of aromatic nitrogens is 1. The Labute approximate surface area is 174 Å².